The number of rotatable bonds is 2. The van der Waals surface area contributed by atoms with Crippen molar-refractivity contribution in [2.45, 2.75) is 18.9 Å². The van der Waals surface area contributed by atoms with Gasteiger partial charge in [0.2, 0.25) is 0 Å². The largest absolute Gasteiger partial charge is 0.487 e. The molecule has 1 aliphatic heterocycles. The van der Waals surface area contributed by atoms with Gasteiger partial charge in [-0.1, -0.05) is 11.8 Å². The molecule has 0 spiro atoms. The Balaban J connectivity index is 2.10. The van der Waals surface area contributed by atoms with Crippen LogP contribution in [-0.2, 0) is 4.74 Å². The zero-order valence-electron chi connectivity index (χ0n) is 9.92. The van der Waals surface area contributed by atoms with Gasteiger partial charge in [-0.05, 0) is 18.2 Å². The Morgan fingerprint density at radius 1 is 1.39 bits per heavy atom. The van der Waals surface area contributed by atoms with Crippen LogP contribution in [-0.4, -0.2) is 25.2 Å². The van der Waals surface area contributed by atoms with Gasteiger partial charge >= 0.3 is 0 Å². The van der Waals surface area contributed by atoms with Crippen LogP contribution in [0.4, 0.5) is 4.39 Å². The Kier molecular flexibility index (Phi) is 4.86. The summed E-state index contributed by atoms with van der Waals surface area (Å²) in [5.74, 6) is 5.73. The maximum Gasteiger partial charge on any atom is 0.165 e. The summed E-state index contributed by atoms with van der Waals surface area (Å²) < 4.78 is 24.5. The number of halogens is 2. The first-order valence-corrected chi connectivity index (χ1v) is 6.42. The van der Waals surface area contributed by atoms with Crippen molar-refractivity contribution in [3.05, 3.63) is 29.6 Å². The van der Waals surface area contributed by atoms with Gasteiger partial charge in [-0.3, -0.25) is 0 Å². The van der Waals surface area contributed by atoms with E-state index in [1.165, 1.54) is 6.07 Å². The van der Waals surface area contributed by atoms with Crippen molar-refractivity contribution in [3.63, 3.8) is 0 Å². The summed E-state index contributed by atoms with van der Waals surface area (Å²) in [6, 6.07) is 4.60. The van der Waals surface area contributed by atoms with Crippen molar-refractivity contribution < 1.29 is 13.9 Å². The van der Waals surface area contributed by atoms with E-state index in [9.17, 15) is 4.39 Å². The molecule has 1 heterocycles. The van der Waals surface area contributed by atoms with Gasteiger partial charge in [0.1, 0.15) is 6.10 Å². The molecule has 0 atom stereocenters. The molecule has 0 N–H and O–H groups in total. The maximum atomic E-state index is 13.6. The number of alkyl halides is 1. The smallest absolute Gasteiger partial charge is 0.165 e. The van der Waals surface area contributed by atoms with E-state index >= 15 is 0 Å². The van der Waals surface area contributed by atoms with Gasteiger partial charge in [0.05, 0.1) is 19.1 Å². The maximum absolute atomic E-state index is 13.6. The minimum atomic E-state index is -0.363. The first-order valence-electron chi connectivity index (χ1n) is 5.88. The van der Waals surface area contributed by atoms with Crippen molar-refractivity contribution in [3.8, 4) is 17.6 Å². The molecule has 1 aromatic carbocycles. The molecule has 4 heteroatoms. The van der Waals surface area contributed by atoms with Crippen molar-refractivity contribution in [1.82, 2.24) is 0 Å². The van der Waals surface area contributed by atoms with Crippen LogP contribution in [0, 0.1) is 17.7 Å². The molecule has 0 amide bonds. The molecule has 0 radical (unpaired) electrons. The third kappa shape index (κ3) is 3.63. The normalized spacial score (nSPS) is 15.9. The SMILES string of the molecule is Fc1ccc(C#CCCl)cc1OC1CCOCC1. The van der Waals surface area contributed by atoms with E-state index < -0.39 is 0 Å². The summed E-state index contributed by atoms with van der Waals surface area (Å²) in [4.78, 5) is 0. The average molecular weight is 269 g/mol. The molecule has 1 saturated heterocycles. The molecule has 0 bridgehead atoms. The van der Waals surface area contributed by atoms with Crippen molar-refractivity contribution in [2.24, 2.45) is 0 Å². The lowest BCUT2D eigenvalue weighted by atomic mass is 10.1. The molecular weight excluding hydrogens is 255 g/mol. The molecule has 2 rings (SSSR count). The van der Waals surface area contributed by atoms with Gasteiger partial charge < -0.3 is 9.47 Å². The zero-order chi connectivity index (χ0) is 12.8. The second-order valence-corrected chi connectivity index (χ2v) is 4.28. The van der Waals surface area contributed by atoms with Crippen LogP contribution in [0.25, 0.3) is 0 Å². The lowest BCUT2D eigenvalue weighted by Gasteiger charge is -2.23. The predicted molar refractivity (Wildman–Crippen MR) is 68.5 cm³/mol. The van der Waals surface area contributed by atoms with Crippen LogP contribution in [0.15, 0.2) is 18.2 Å². The molecule has 96 valence electrons. The highest BCUT2D eigenvalue weighted by Crippen LogP contribution is 2.22. The van der Waals surface area contributed by atoms with E-state index in [1.807, 2.05) is 0 Å². The Hall–Kier alpha value is -1.24. The van der Waals surface area contributed by atoms with E-state index in [4.69, 9.17) is 21.1 Å². The second-order valence-electron chi connectivity index (χ2n) is 4.01. The number of hydrogen-bond donors (Lipinski definition) is 0. The van der Waals surface area contributed by atoms with Crippen LogP contribution in [0.5, 0.6) is 5.75 Å². The highest BCUT2D eigenvalue weighted by atomic mass is 35.5. The summed E-state index contributed by atoms with van der Waals surface area (Å²) in [5, 5.41) is 0. The fourth-order valence-corrected chi connectivity index (χ4v) is 1.85. The molecule has 0 aliphatic carbocycles. The van der Waals surface area contributed by atoms with E-state index in [2.05, 4.69) is 11.8 Å². The molecule has 18 heavy (non-hydrogen) atoms. The fourth-order valence-electron chi connectivity index (χ4n) is 1.78. The van der Waals surface area contributed by atoms with Crippen LogP contribution in [0.2, 0.25) is 0 Å². The topological polar surface area (TPSA) is 18.5 Å². The summed E-state index contributed by atoms with van der Waals surface area (Å²) in [5.41, 5.74) is 0.708. The van der Waals surface area contributed by atoms with Crippen molar-refractivity contribution in [2.75, 3.05) is 19.1 Å². The number of ether oxygens (including phenoxy) is 2. The lowest BCUT2D eigenvalue weighted by molar-refractivity contribution is 0.0240. The van der Waals surface area contributed by atoms with Crippen molar-refractivity contribution in [1.29, 1.82) is 0 Å². The van der Waals surface area contributed by atoms with Gasteiger partial charge in [-0.15, -0.1) is 11.6 Å². The van der Waals surface area contributed by atoms with Crippen LogP contribution in [0.1, 0.15) is 18.4 Å². The van der Waals surface area contributed by atoms with Gasteiger partial charge in [-0.2, -0.15) is 0 Å². The van der Waals surface area contributed by atoms with Gasteiger partial charge in [0, 0.05) is 18.4 Å². The van der Waals surface area contributed by atoms with Gasteiger partial charge in [0.25, 0.3) is 0 Å². The Morgan fingerprint density at radius 3 is 2.89 bits per heavy atom. The fraction of sp³-hybridized carbons (Fsp3) is 0.429. The third-order valence-corrected chi connectivity index (χ3v) is 2.83. The quantitative estimate of drug-likeness (QED) is 0.606. The monoisotopic (exact) mass is 268 g/mol. The van der Waals surface area contributed by atoms with E-state index in [0.29, 0.717) is 18.8 Å². The molecule has 2 nitrogen and oxygen atoms in total. The number of hydrogen-bond acceptors (Lipinski definition) is 2. The highest BCUT2D eigenvalue weighted by molar-refractivity contribution is 6.19. The summed E-state index contributed by atoms with van der Waals surface area (Å²) in [6.07, 6.45) is 1.60. The lowest BCUT2D eigenvalue weighted by Crippen LogP contribution is -2.26. The first kappa shape index (κ1) is 13.2. The molecule has 0 aromatic heterocycles. The molecule has 0 unspecified atom stereocenters. The Morgan fingerprint density at radius 2 is 2.17 bits per heavy atom. The zero-order valence-corrected chi connectivity index (χ0v) is 10.7. The first-order chi connectivity index (χ1) is 8.79. The average Bonchev–Trinajstić information content (AvgIpc) is 2.41. The standard InChI is InChI=1S/C14H14ClFO2/c15-7-1-2-11-3-4-13(16)14(10-11)18-12-5-8-17-9-6-12/h3-4,10,12H,5-9H2. The predicted octanol–water partition coefficient (Wildman–Crippen LogP) is 2.97. The minimum absolute atomic E-state index is 0.0180. The molecule has 1 aromatic rings. The van der Waals surface area contributed by atoms with Crippen LogP contribution in [0.3, 0.4) is 0 Å². The summed E-state index contributed by atoms with van der Waals surface area (Å²) in [6.45, 7) is 1.33. The molecular formula is C14H14ClFO2. The minimum Gasteiger partial charge on any atom is -0.487 e. The van der Waals surface area contributed by atoms with Crippen LogP contribution >= 0.6 is 11.6 Å². The number of benzene rings is 1. The van der Waals surface area contributed by atoms with Crippen LogP contribution < -0.4 is 4.74 Å². The second kappa shape index (κ2) is 6.63. The van der Waals surface area contributed by atoms with Crippen molar-refractivity contribution >= 4 is 11.6 Å². The van der Waals surface area contributed by atoms with E-state index in [0.717, 1.165) is 12.8 Å². The van der Waals surface area contributed by atoms with E-state index in [-0.39, 0.29) is 23.6 Å². The Labute approximate surface area is 111 Å². The molecule has 1 aliphatic rings. The molecule has 0 saturated carbocycles. The summed E-state index contributed by atoms with van der Waals surface area (Å²) >= 11 is 5.49. The van der Waals surface area contributed by atoms with E-state index in [1.54, 1.807) is 12.1 Å². The Bertz CT molecular complexity index is 459. The van der Waals surface area contributed by atoms with Gasteiger partial charge in [-0.25, -0.2) is 4.39 Å². The summed E-state index contributed by atoms with van der Waals surface area (Å²) in [7, 11) is 0. The molecule has 1 fully saturated rings. The van der Waals surface area contributed by atoms with Gasteiger partial charge in [0.15, 0.2) is 11.6 Å². The highest BCUT2D eigenvalue weighted by Gasteiger charge is 2.17. The third-order valence-electron chi connectivity index (χ3n) is 2.69.